The second-order valence-electron chi connectivity index (χ2n) is 6.89. The number of ketones is 1. The topological polar surface area (TPSA) is 92.8 Å². The second-order valence-corrected chi connectivity index (χ2v) is 6.89. The smallest absolute Gasteiger partial charge is 0.331 e. The largest absolute Gasteiger partial charge is 0.454 e. The van der Waals surface area contributed by atoms with Crippen molar-refractivity contribution in [1.29, 1.82) is 0 Å². The van der Waals surface area contributed by atoms with E-state index < -0.39 is 5.97 Å². The first-order valence-electron chi connectivity index (χ1n) is 9.32. The zero-order valence-electron chi connectivity index (χ0n) is 16.8. The lowest BCUT2D eigenvalue weighted by molar-refractivity contribution is -0.136. The fraction of sp³-hybridized carbons (Fsp3) is 0.227. The molecule has 2 aromatic heterocycles. The fourth-order valence-corrected chi connectivity index (χ4v) is 3.30. The first-order valence-corrected chi connectivity index (χ1v) is 9.32. The van der Waals surface area contributed by atoms with Crippen molar-refractivity contribution < 1.29 is 28.3 Å². The van der Waals surface area contributed by atoms with Gasteiger partial charge in [-0.25, -0.2) is 4.79 Å². The number of benzene rings is 1. The van der Waals surface area contributed by atoms with Crippen LogP contribution < -0.4 is 9.47 Å². The number of hydrogen-bond acceptors (Lipinski definition) is 7. The van der Waals surface area contributed by atoms with E-state index in [-0.39, 0.29) is 19.2 Å². The number of hydrogen-bond donors (Lipinski definition) is 0. The van der Waals surface area contributed by atoms with Crippen molar-refractivity contribution in [2.24, 2.45) is 0 Å². The third-order valence-electron chi connectivity index (χ3n) is 4.73. The molecule has 1 aliphatic heterocycles. The number of esters is 1. The summed E-state index contributed by atoms with van der Waals surface area (Å²) in [5.41, 5.74) is 2.77. The number of carbonyl (C=O) groups excluding carboxylic acids is 2. The van der Waals surface area contributed by atoms with Crippen molar-refractivity contribution in [2.75, 3.05) is 13.4 Å². The summed E-state index contributed by atoms with van der Waals surface area (Å²) in [7, 11) is 0. The van der Waals surface area contributed by atoms with Crippen molar-refractivity contribution in [3.05, 3.63) is 64.7 Å². The van der Waals surface area contributed by atoms with E-state index in [1.54, 1.807) is 43.3 Å². The van der Waals surface area contributed by atoms with Crippen molar-refractivity contribution in [2.45, 2.75) is 20.8 Å². The minimum absolute atomic E-state index is 0.184. The molecule has 0 radical (unpaired) electrons. The van der Waals surface area contributed by atoms with Crippen LogP contribution in [0, 0.1) is 20.8 Å². The maximum absolute atomic E-state index is 12.6. The highest BCUT2D eigenvalue weighted by Crippen LogP contribution is 2.32. The molecule has 0 fully saturated rings. The van der Waals surface area contributed by atoms with Gasteiger partial charge in [-0.2, -0.15) is 0 Å². The van der Waals surface area contributed by atoms with Crippen LogP contribution in [0.5, 0.6) is 11.5 Å². The number of nitrogens with zero attached hydrogens (tertiary/aromatic N) is 2. The molecule has 154 valence electrons. The molecule has 0 atom stereocenters. The van der Waals surface area contributed by atoms with Crippen LogP contribution in [0.15, 0.2) is 40.9 Å². The van der Waals surface area contributed by atoms with Gasteiger partial charge in [-0.05, 0) is 50.6 Å². The van der Waals surface area contributed by atoms with Crippen LogP contribution in [0.25, 0.3) is 11.9 Å². The van der Waals surface area contributed by atoms with Crippen LogP contribution in [-0.2, 0) is 9.53 Å². The van der Waals surface area contributed by atoms with Crippen LogP contribution in [0.3, 0.4) is 0 Å². The Balaban J connectivity index is 1.39. The van der Waals surface area contributed by atoms with Gasteiger partial charge in [-0.15, -0.1) is 0 Å². The standard InChI is InChI=1S/C22H20N2O6/c1-13-8-17(15(3)24(13)21-9-14(2)30-23-21)18(25)11-27-22(26)7-5-16-4-6-19-20(10-16)29-12-28-19/h4-10H,11-12H2,1-3H3/b7-5+. The van der Waals surface area contributed by atoms with Gasteiger partial charge in [0.15, 0.2) is 23.9 Å². The van der Waals surface area contributed by atoms with E-state index in [2.05, 4.69) is 5.16 Å². The summed E-state index contributed by atoms with van der Waals surface area (Å²) in [6, 6.07) is 8.86. The van der Waals surface area contributed by atoms with E-state index in [0.717, 1.165) is 11.3 Å². The van der Waals surface area contributed by atoms with E-state index in [9.17, 15) is 9.59 Å². The normalized spacial score (nSPS) is 12.5. The van der Waals surface area contributed by atoms with Crippen LogP contribution >= 0.6 is 0 Å². The second kappa shape index (κ2) is 7.90. The molecule has 0 aliphatic carbocycles. The van der Waals surface area contributed by atoms with Crippen molar-refractivity contribution >= 4 is 17.8 Å². The molecule has 1 aliphatic rings. The Kier molecular flexibility index (Phi) is 5.14. The highest BCUT2D eigenvalue weighted by molar-refractivity contribution is 6.00. The number of aryl methyl sites for hydroxylation is 2. The minimum Gasteiger partial charge on any atom is -0.454 e. The molecule has 0 spiro atoms. The zero-order valence-corrected chi connectivity index (χ0v) is 16.8. The number of Topliss-reactive ketones (excluding diaryl/α,β-unsaturated/α-hetero) is 1. The van der Waals surface area contributed by atoms with Gasteiger partial charge in [-0.1, -0.05) is 11.2 Å². The first-order chi connectivity index (χ1) is 14.4. The van der Waals surface area contributed by atoms with Crippen molar-refractivity contribution in [3.8, 4) is 17.3 Å². The first kappa shape index (κ1) is 19.5. The summed E-state index contributed by atoms with van der Waals surface area (Å²) in [6.07, 6.45) is 2.86. The van der Waals surface area contributed by atoms with E-state index >= 15 is 0 Å². The molecule has 8 heteroatoms. The molecule has 3 aromatic rings. The number of carbonyl (C=O) groups is 2. The minimum atomic E-state index is -0.609. The van der Waals surface area contributed by atoms with Gasteiger partial charge >= 0.3 is 5.97 Å². The summed E-state index contributed by atoms with van der Waals surface area (Å²) in [5.74, 6) is 1.66. The molecular formula is C22H20N2O6. The molecule has 3 heterocycles. The maximum Gasteiger partial charge on any atom is 0.331 e. The molecule has 30 heavy (non-hydrogen) atoms. The van der Waals surface area contributed by atoms with Gasteiger partial charge in [0.05, 0.1) is 0 Å². The van der Waals surface area contributed by atoms with Crippen molar-refractivity contribution in [1.82, 2.24) is 9.72 Å². The average molecular weight is 408 g/mol. The number of rotatable bonds is 6. The van der Waals surface area contributed by atoms with Gasteiger partial charge in [0.1, 0.15) is 5.76 Å². The number of ether oxygens (including phenoxy) is 3. The Bertz CT molecular complexity index is 1150. The van der Waals surface area contributed by atoms with E-state index in [0.29, 0.717) is 34.3 Å². The molecule has 0 amide bonds. The average Bonchev–Trinajstić information content (AvgIpc) is 3.43. The SMILES string of the molecule is Cc1cc(-n2c(C)cc(C(=O)COC(=O)/C=C/c3ccc4c(c3)OCO4)c2C)no1. The van der Waals surface area contributed by atoms with Gasteiger partial charge in [-0.3, -0.25) is 9.36 Å². The molecule has 0 saturated heterocycles. The third-order valence-corrected chi connectivity index (χ3v) is 4.73. The molecule has 0 unspecified atom stereocenters. The maximum atomic E-state index is 12.6. The van der Waals surface area contributed by atoms with E-state index in [1.165, 1.54) is 6.08 Å². The van der Waals surface area contributed by atoms with E-state index in [4.69, 9.17) is 18.7 Å². The van der Waals surface area contributed by atoms with E-state index in [1.807, 2.05) is 18.4 Å². The molecule has 0 bridgehead atoms. The lowest BCUT2D eigenvalue weighted by Crippen LogP contribution is -2.13. The Morgan fingerprint density at radius 1 is 1.13 bits per heavy atom. The highest BCUT2D eigenvalue weighted by Gasteiger charge is 2.19. The summed E-state index contributed by atoms with van der Waals surface area (Å²) in [5, 5.41) is 3.99. The van der Waals surface area contributed by atoms with Gasteiger partial charge < -0.3 is 18.7 Å². The van der Waals surface area contributed by atoms with Gasteiger partial charge in [0.2, 0.25) is 12.6 Å². The Morgan fingerprint density at radius 2 is 1.93 bits per heavy atom. The van der Waals surface area contributed by atoms with Gasteiger partial charge in [0, 0.05) is 29.1 Å². The Hall–Kier alpha value is -3.81. The molecule has 0 N–H and O–H groups in total. The predicted octanol–water partition coefficient (Wildman–Crippen LogP) is 3.56. The van der Waals surface area contributed by atoms with Crippen LogP contribution in [0.2, 0.25) is 0 Å². The fourth-order valence-electron chi connectivity index (χ4n) is 3.30. The quantitative estimate of drug-likeness (QED) is 0.350. The lowest BCUT2D eigenvalue weighted by Gasteiger charge is -2.05. The van der Waals surface area contributed by atoms with Gasteiger partial charge in [0.25, 0.3) is 0 Å². The molecular weight excluding hydrogens is 388 g/mol. The van der Waals surface area contributed by atoms with Crippen LogP contribution in [0.1, 0.15) is 33.1 Å². The summed E-state index contributed by atoms with van der Waals surface area (Å²) in [6.45, 7) is 5.31. The lowest BCUT2D eigenvalue weighted by atomic mass is 10.1. The monoisotopic (exact) mass is 408 g/mol. The zero-order chi connectivity index (χ0) is 21.3. The molecule has 1 aromatic carbocycles. The molecule has 0 saturated carbocycles. The Morgan fingerprint density at radius 3 is 2.70 bits per heavy atom. The number of fused-ring (bicyclic) bond motifs is 1. The third kappa shape index (κ3) is 3.84. The molecule has 4 rings (SSSR count). The van der Waals surface area contributed by atoms with Crippen LogP contribution in [-0.4, -0.2) is 34.9 Å². The number of aromatic nitrogens is 2. The Labute approximate surface area is 172 Å². The van der Waals surface area contributed by atoms with Crippen LogP contribution in [0.4, 0.5) is 0 Å². The van der Waals surface area contributed by atoms with Crippen molar-refractivity contribution in [3.63, 3.8) is 0 Å². The molecule has 8 nitrogen and oxygen atoms in total. The summed E-state index contributed by atoms with van der Waals surface area (Å²) in [4.78, 5) is 24.6. The predicted molar refractivity (Wildman–Crippen MR) is 107 cm³/mol. The summed E-state index contributed by atoms with van der Waals surface area (Å²) < 4.78 is 22.6. The summed E-state index contributed by atoms with van der Waals surface area (Å²) >= 11 is 0. The highest BCUT2D eigenvalue weighted by atomic mass is 16.7.